The van der Waals surface area contributed by atoms with Gasteiger partial charge in [-0.3, -0.25) is 9.59 Å². The molecule has 56 heavy (non-hydrogen) atoms. The minimum atomic E-state index is -1.85. The van der Waals surface area contributed by atoms with E-state index in [9.17, 15) is 55.5 Å². The van der Waals surface area contributed by atoms with Crippen LogP contribution in [0.4, 0.5) is 0 Å². The zero-order valence-corrected chi connectivity index (χ0v) is 29.5. The number of carbonyl (C=O) groups excluding carboxylic acids is 1. The van der Waals surface area contributed by atoms with E-state index in [1.807, 2.05) is 0 Å². The van der Waals surface area contributed by atoms with E-state index < -0.39 is 85.7 Å². The van der Waals surface area contributed by atoms with E-state index in [1.165, 1.54) is 48.5 Å². The summed E-state index contributed by atoms with van der Waals surface area (Å²) in [6.07, 6.45) is -15.2. The monoisotopic (exact) mass is 785 g/mol. The van der Waals surface area contributed by atoms with E-state index in [0.29, 0.717) is 11.1 Å². The zero-order valence-electron chi connectivity index (χ0n) is 29.5. The Hall–Kier alpha value is -5.12. The maximum atomic E-state index is 12.9. The number of phenols is 2. The van der Waals surface area contributed by atoms with Gasteiger partial charge in [-0.2, -0.15) is 0 Å². The maximum absolute atomic E-state index is 12.9. The predicted octanol–water partition coefficient (Wildman–Crippen LogP) is -0.682. The van der Waals surface area contributed by atoms with E-state index in [4.69, 9.17) is 28.1 Å². The number of aliphatic hydroxyl groups is 9. The maximum Gasteiger partial charge on any atom is 0.302 e. The molecule has 3 aliphatic heterocycles. The number of phenolic OH excluding ortho intramolecular Hbond substituents is 2. The Kier molecular flexibility index (Phi) is 12.6. The van der Waals surface area contributed by atoms with Gasteiger partial charge in [0.1, 0.15) is 72.3 Å². The molecule has 18 nitrogen and oxygen atoms in total. The van der Waals surface area contributed by atoms with Gasteiger partial charge in [-0.1, -0.05) is 12.1 Å². The lowest BCUT2D eigenvalue weighted by Gasteiger charge is -2.40. The van der Waals surface area contributed by atoms with Gasteiger partial charge in [0.25, 0.3) is 6.29 Å². The van der Waals surface area contributed by atoms with E-state index >= 15 is 0 Å². The number of rotatable bonds is 12. The molecule has 1 aliphatic carbocycles. The van der Waals surface area contributed by atoms with E-state index in [1.54, 1.807) is 18.2 Å². The fraction of sp³-hybridized carbons (Fsp3) is 0.368. The normalized spacial score (nSPS) is 28.6. The average Bonchev–Trinajstić information content (AvgIpc) is 3.17. The van der Waals surface area contributed by atoms with Crippen molar-refractivity contribution in [1.29, 1.82) is 0 Å². The molecule has 0 aromatic heterocycles. The van der Waals surface area contributed by atoms with Crippen molar-refractivity contribution in [3.05, 3.63) is 88.6 Å². The molecule has 10 N–H and O–H groups in total. The molecular formula is C38H41O18+. The van der Waals surface area contributed by atoms with Gasteiger partial charge in [-0.05, 0) is 54.1 Å². The number of benzene rings is 3. The summed E-state index contributed by atoms with van der Waals surface area (Å²) in [6, 6.07) is 15.2. The molecule has 2 fully saturated rings. The number of hydrogen-bond acceptors (Lipinski definition) is 17. The number of hydrogen-bond donors (Lipinski definition) is 9. The molecule has 0 bridgehead atoms. The van der Waals surface area contributed by atoms with Gasteiger partial charge in [0.2, 0.25) is 12.6 Å². The van der Waals surface area contributed by atoms with Crippen molar-refractivity contribution in [1.82, 2.24) is 0 Å². The third-order valence-corrected chi connectivity index (χ3v) is 9.02. The molecule has 3 heterocycles. The van der Waals surface area contributed by atoms with Crippen molar-refractivity contribution in [2.45, 2.75) is 74.6 Å². The second-order valence-electron chi connectivity index (χ2n) is 13.1. The fourth-order valence-electron chi connectivity index (χ4n) is 5.98. The van der Waals surface area contributed by atoms with Gasteiger partial charge >= 0.3 is 5.97 Å². The molecule has 0 radical (unpaired) electrons. The van der Waals surface area contributed by atoms with Crippen LogP contribution in [0.5, 0.6) is 23.0 Å². The molecule has 4 aliphatic rings. The molecule has 18 heteroatoms. The van der Waals surface area contributed by atoms with Crippen LogP contribution < -0.4 is 14.9 Å². The van der Waals surface area contributed by atoms with Crippen LogP contribution in [0.3, 0.4) is 0 Å². The predicted molar refractivity (Wildman–Crippen MR) is 190 cm³/mol. The number of aliphatic hydroxyl groups excluding tert-OH is 7. The topological polar surface area (TPSA) is 288 Å². The van der Waals surface area contributed by atoms with Crippen LogP contribution in [0, 0.1) is 0 Å². The van der Waals surface area contributed by atoms with Gasteiger partial charge in [0.05, 0.1) is 5.56 Å². The molecular weight excluding hydrogens is 744 g/mol. The van der Waals surface area contributed by atoms with Crippen molar-refractivity contribution < 1.29 is 83.6 Å². The summed E-state index contributed by atoms with van der Waals surface area (Å²) in [6.45, 7) is 0.252. The molecule has 2 saturated heterocycles. The highest BCUT2D eigenvalue weighted by Crippen LogP contribution is 2.43. The summed E-state index contributed by atoms with van der Waals surface area (Å²) in [5.41, 5.74) is 0.358. The smallest absolute Gasteiger partial charge is 0.302 e. The molecule has 11 atom stereocenters. The van der Waals surface area contributed by atoms with Crippen LogP contribution in [-0.2, 0) is 19.0 Å². The van der Waals surface area contributed by atoms with Gasteiger partial charge in [-0.25, -0.2) is 0 Å². The highest BCUT2D eigenvalue weighted by Gasteiger charge is 2.48. The Bertz CT molecular complexity index is 2000. The third-order valence-electron chi connectivity index (χ3n) is 9.02. The molecule has 0 saturated carbocycles. The standard InChI is InChI=1S/C38H40O18/c1-17(39)50-15-27-30(44)32(46)34(48)37(55-27)53-25-13-22(42)12-24-23(25)14-26(36(52-24)19-5-9-21(41)10-6-19)54-38-35(49)33(47)31(45)28(56-38)16-51-29(43)11-4-18-2-7-20(40)8-3-18/h2-14,27-35,37-38,40-41,43-49H,15-16H2,1H3/p+1. The Morgan fingerprint density at radius 1 is 0.768 bits per heavy atom. The Morgan fingerprint density at radius 3 is 1.96 bits per heavy atom. The van der Waals surface area contributed by atoms with Crippen LogP contribution in [0.2, 0.25) is 0 Å². The van der Waals surface area contributed by atoms with Gasteiger partial charge in [0.15, 0.2) is 29.6 Å². The van der Waals surface area contributed by atoms with Crippen LogP contribution >= 0.6 is 0 Å². The largest absolute Gasteiger partial charge is 0.508 e. The zero-order chi connectivity index (χ0) is 40.3. The van der Waals surface area contributed by atoms with Crippen molar-refractivity contribution in [3.63, 3.8) is 0 Å². The van der Waals surface area contributed by atoms with Crippen molar-refractivity contribution in [2.75, 3.05) is 13.2 Å². The van der Waals surface area contributed by atoms with Crippen LogP contribution in [0.15, 0.2) is 82.0 Å². The molecule has 2 aromatic rings. The quantitative estimate of drug-likeness (QED) is 0.0488. The molecule has 0 amide bonds. The Morgan fingerprint density at radius 2 is 1.34 bits per heavy atom. The van der Waals surface area contributed by atoms with Crippen molar-refractivity contribution in [2.24, 2.45) is 0 Å². The van der Waals surface area contributed by atoms with E-state index in [-0.39, 0.29) is 46.7 Å². The molecule has 300 valence electrons. The summed E-state index contributed by atoms with van der Waals surface area (Å²) in [5, 5.41) is 94.0. The van der Waals surface area contributed by atoms with Gasteiger partial charge in [0, 0.05) is 30.7 Å². The molecule has 6 rings (SSSR count). The fourth-order valence-corrected chi connectivity index (χ4v) is 5.98. The first-order valence-electron chi connectivity index (χ1n) is 17.3. The van der Waals surface area contributed by atoms with E-state index in [0.717, 1.165) is 19.1 Å². The molecule has 0 spiro atoms. The minimum absolute atomic E-state index is 0.0241. The summed E-state index contributed by atoms with van der Waals surface area (Å²) in [4.78, 5) is 24.2. The first kappa shape index (κ1) is 40.5. The van der Waals surface area contributed by atoms with Crippen LogP contribution in [-0.4, -0.2) is 138 Å². The van der Waals surface area contributed by atoms with Crippen molar-refractivity contribution in [3.8, 4) is 45.6 Å². The van der Waals surface area contributed by atoms with Gasteiger partial charge in [-0.15, -0.1) is 0 Å². The first-order chi connectivity index (χ1) is 26.7. The highest BCUT2D eigenvalue weighted by atomic mass is 16.7. The van der Waals surface area contributed by atoms with E-state index in [2.05, 4.69) is 4.74 Å². The third kappa shape index (κ3) is 9.28. The second-order valence-corrected chi connectivity index (χ2v) is 13.1. The lowest BCUT2D eigenvalue weighted by molar-refractivity contribution is -0.303. The highest BCUT2D eigenvalue weighted by molar-refractivity contribution is 5.75. The number of carbonyl (C=O) groups is 1. The average molecular weight is 786 g/mol. The number of fused-ring (bicyclic) bond motifs is 1. The summed E-state index contributed by atoms with van der Waals surface area (Å²) in [7, 11) is 0. The number of ether oxygens (including phenoxy) is 6. The summed E-state index contributed by atoms with van der Waals surface area (Å²) in [5.74, 6) is -1.31. The Labute approximate surface area is 317 Å². The lowest BCUT2D eigenvalue weighted by Crippen LogP contribution is -2.60. The van der Waals surface area contributed by atoms with Crippen LogP contribution in [0.25, 0.3) is 28.7 Å². The lowest BCUT2D eigenvalue weighted by atomic mass is 9.99. The number of aromatic hydroxyl groups is 2. The van der Waals surface area contributed by atoms with Crippen molar-refractivity contribution >= 4 is 12.0 Å². The van der Waals surface area contributed by atoms with Crippen LogP contribution in [0.1, 0.15) is 12.5 Å². The first-order valence-corrected chi connectivity index (χ1v) is 17.3. The summed E-state index contributed by atoms with van der Waals surface area (Å²) >= 11 is 0. The Balaban J connectivity index is 1.29. The van der Waals surface area contributed by atoms with Gasteiger partial charge < -0.3 is 78.8 Å². The molecule has 2 aromatic carbocycles. The molecule has 11 unspecified atom stereocenters. The number of esters is 1. The second kappa shape index (κ2) is 17.3. The summed E-state index contributed by atoms with van der Waals surface area (Å²) < 4.78 is 38.5. The SMILES string of the molecule is CC(=O)OCC1OC(Oc2cc(=O)cc3oc(-c4ccc(O)cc4)c(OC4OC(C[OH+]C(O)C=Cc5ccc(O)cc5)C(O)C(O)C4O)cc2-3)C(O)C(O)C1O. The minimum Gasteiger partial charge on any atom is -0.508 e.